The molecule has 1 aromatic carbocycles. The van der Waals surface area contributed by atoms with Crippen LogP contribution in [-0.4, -0.2) is 39.5 Å². The highest BCUT2D eigenvalue weighted by atomic mass is 79.9. The molecule has 0 amide bonds. The first-order valence-electron chi connectivity index (χ1n) is 6.15. The lowest BCUT2D eigenvalue weighted by atomic mass is 10.3. The molecule has 8 heteroatoms. The molecule has 0 bridgehead atoms. The van der Waals surface area contributed by atoms with Crippen molar-refractivity contribution < 1.29 is 17.2 Å². The van der Waals surface area contributed by atoms with Gasteiger partial charge >= 0.3 is 0 Å². The lowest BCUT2D eigenvalue weighted by molar-refractivity contribution is 0.329. The fourth-order valence-corrected chi connectivity index (χ4v) is 4.10. The number of halogens is 3. The molecule has 1 aliphatic rings. The van der Waals surface area contributed by atoms with Gasteiger partial charge in [-0.25, -0.2) is 21.9 Å². The van der Waals surface area contributed by atoms with E-state index in [-0.39, 0.29) is 11.0 Å². The molecule has 20 heavy (non-hydrogen) atoms. The molecule has 1 saturated carbocycles. The highest BCUT2D eigenvalue weighted by Crippen LogP contribution is 2.26. The summed E-state index contributed by atoms with van der Waals surface area (Å²) in [6, 6.07) is 2.00. The summed E-state index contributed by atoms with van der Waals surface area (Å²) in [7, 11) is -2.09. The van der Waals surface area contributed by atoms with Crippen molar-refractivity contribution in [3.05, 3.63) is 28.2 Å². The zero-order valence-electron chi connectivity index (χ0n) is 10.9. The van der Waals surface area contributed by atoms with Gasteiger partial charge in [-0.3, -0.25) is 0 Å². The molecular weight excluding hydrogens is 354 g/mol. The predicted octanol–water partition coefficient (Wildman–Crippen LogP) is 2.10. The monoisotopic (exact) mass is 368 g/mol. The Morgan fingerprint density at radius 1 is 1.40 bits per heavy atom. The van der Waals surface area contributed by atoms with Crippen molar-refractivity contribution >= 4 is 26.0 Å². The Kier molecular flexibility index (Phi) is 4.78. The van der Waals surface area contributed by atoms with Gasteiger partial charge in [0.1, 0.15) is 16.5 Å². The average Bonchev–Trinajstić information content (AvgIpc) is 3.09. The van der Waals surface area contributed by atoms with Crippen molar-refractivity contribution in [2.45, 2.75) is 23.8 Å². The first-order chi connectivity index (χ1) is 9.31. The fourth-order valence-electron chi connectivity index (χ4n) is 1.91. The van der Waals surface area contributed by atoms with E-state index in [1.807, 2.05) is 7.05 Å². The van der Waals surface area contributed by atoms with E-state index in [4.69, 9.17) is 0 Å². The molecule has 0 radical (unpaired) electrons. The third-order valence-corrected chi connectivity index (χ3v) is 5.58. The van der Waals surface area contributed by atoms with Crippen LogP contribution in [0.1, 0.15) is 12.8 Å². The van der Waals surface area contributed by atoms with E-state index in [2.05, 4.69) is 25.6 Å². The summed E-state index contributed by atoms with van der Waals surface area (Å²) in [4.78, 5) is 1.49. The van der Waals surface area contributed by atoms with Crippen LogP contribution in [0.2, 0.25) is 0 Å². The molecule has 0 unspecified atom stereocenters. The first-order valence-corrected chi connectivity index (χ1v) is 8.43. The molecule has 1 aromatic rings. The van der Waals surface area contributed by atoms with Gasteiger partial charge in [0.25, 0.3) is 0 Å². The van der Waals surface area contributed by atoms with Crippen LogP contribution >= 0.6 is 15.9 Å². The van der Waals surface area contributed by atoms with E-state index in [1.54, 1.807) is 0 Å². The number of benzene rings is 1. The summed E-state index contributed by atoms with van der Waals surface area (Å²) >= 11 is 2.88. The maximum atomic E-state index is 13.6. The summed E-state index contributed by atoms with van der Waals surface area (Å²) in [5, 5.41) is 0. The highest BCUT2D eigenvalue weighted by Gasteiger charge is 2.27. The van der Waals surface area contributed by atoms with Crippen LogP contribution in [0.5, 0.6) is 0 Å². The smallest absolute Gasteiger partial charge is 0.244 e. The molecular formula is C12H15BrF2N2O2S. The Bertz CT molecular complexity index is 582. The SMILES string of the molecule is CN(CCNS(=O)(=O)c1c(F)cc(F)cc1Br)C1CC1. The molecule has 112 valence electrons. The standard InChI is InChI=1S/C12H15BrF2N2O2S/c1-17(9-2-3-9)5-4-16-20(18,19)12-10(13)6-8(14)7-11(12)15/h6-7,9,16H,2-5H2,1H3. The molecule has 0 saturated heterocycles. The van der Waals surface area contributed by atoms with E-state index in [1.165, 1.54) is 0 Å². The first kappa shape index (κ1) is 15.8. The molecule has 1 N–H and O–H groups in total. The minimum absolute atomic E-state index is 0.127. The van der Waals surface area contributed by atoms with Crippen molar-refractivity contribution in [3.63, 3.8) is 0 Å². The van der Waals surface area contributed by atoms with E-state index in [9.17, 15) is 17.2 Å². The topological polar surface area (TPSA) is 49.4 Å². The summed E-state index contributed by atoms with van der Waals surface area (Å²) < 4.78 is 52.9. The number of nitrogens with zero attached hydrogens (tertiary/aromatic N) is 1. The largest absolute Gasteiger partial charge is 0.302 e. The van der Waals surface area contributed by atoms with Gasteiger partial charge in [0.15, 0.2) is 0 Å². The van der Waals surface area contributed by atoms with Crippen LogP contribution in [0.15, 0.2) is 21.5 Å². The summed E-state index contributed by atoms with van der Waals surface area (Å²) in [6.07, 6.45) is 2.25. The minimum Gasteiger partial charge on any atom is -0.302 e. The van der Waals surface area contributed by atoms with E-state index >= 15 is 0 Å². The van der Waals surface area contributed by atoms with E-state index < -0.39 is 26.6 Å². The fraction of sp³-hybridized carbons (Fsp3) is 0.500. The third kappa shape index (κ3) is 3.75. The predicted molar refractivity (Wildman–Crippen MR) is 74.9 cm³/mol. The normalized spacial score (nSPS) is 15.8. The average molecular weight is 369 g/mol. The lowest BCUT2D eigenvalue weighted by Gasteiger charge is -2.16. The number of nitrogens with one attached hydrogen (secondary N) is 1. The molecule has 4 nitrogen and oxygen atoms in total. The van der Waals surface area contributed by atoms with Crippen LogP contribution in [0.25, 0.3) is 0 Å². The van der Waals surface area contributed by atoms with Crippen LogP contribution < -0.4 is 4.72 Å². The number of rotatable bonds is 6. The van der Waals surface area contributed by atoms with Gasteiger partial charge in [-0.05, 0) is 41.9 Å². The van der Waals surface area contributed by atoms with E-state index in [0.29, 0.717) is 18.7 Å². The molecule has 2 rings (SSSR count). The molecule has 1 aliphatic carbocycles. The molecule has 0 heterocycles. The van der Waals surface area contributed by atoms with Crippen molar-refractivity contribution in [2.24, 2.45) is 0 Å². The Morgan fingerprint density at radius 2 is 2.05 bits per heavy atom. The maximum absolute atomic E-state index is 13.6. The maximum Gasteiger partial charge on any atom is 0.244 e. The quantitative estimate of drug-likeness (QED) is 0.836. The Balaban J connectivity index is 2.06. The Morgan fingerprint density at radius 3 is 2.60 bits per heavy atom. The van der Waals surface area contributed by atoms with Gasteiger partial charge in [0.05, 0.1) is 0 Å². The second kappa shape index (κ2) is 6.05. The second-order valence-corrected chi connectivity index (χ2v) is 7.37. The van der Waals surface area contributed by atoms with Crippen molar-refractivity contribution in [3.8, 4) is 0 Å². The molecule has 0 aromatic heterocycles. The zero-order chi connectivity index (χ0) is 14.9. The molecule has 0 aliphatic heterocycles. The molecule has 0 atom stereocenters. The summed E-state index contributed by atoms with van der Waals surface area (Å²) in [5.41, 5.74) is 0. The number of sulfonamides is 1. The number of likely N-dealkylation sites (N-methyl/N-ethyl adjacent to an activating group) is 1. The van der Waals surface area contributed by atoms with Crippen molar-refractivity contribution in [1.29, 1.82) is 0 Å². The van der Waals surface area contributed by atoms with Gasteiger partial charge in [0.2, 0.25) is 10.0 Å². The van der Waals surface area contributed by atoms with Crippen LogP contribution in [0, 0.1) is 11.6 Å². The van der Waals surface area contributed by atoms with Crippen LogP contribution in [0.3, 0.4) is 0 Å². The highest BCUT2D eigenvalue weighted by molar-refractivity contribution is 9.10. The van der Waals surface area contributed by atoms with Crippen LogP contribution in [-0.2, 0) is 10.0 Å². The van der Waals surface area contributed by atoms with E-state index in [0.717, 1.165) is 18.9 Å². The van der Waals surface area contributed by atoms with Gasteiger partial charge in [-0.1, -0.05) is 0 Å². The minimum atomic E-state index is -4.00. The number of hydrogen-bond acceptors (Lipinski definition) is 3. The van der Waals surface area contributed by atoms with Crippen molar-refractivity contribution in [1.82, 2.24) is 9.62 Å². The Hall–Kier alpha value is -0.570. The van der Waals surface area contributed by atoms with Gasteiger partial charge in [-0.2, -0.15) is 0 Å². The molecule has 0 spiro atoms. The number of hydrogen-bond donors (Lipinski definition) is 1. The van der Waals surface area contributed by atoms with Gasteiger partial charge in [-0.15, -0.1) is 0 Å². The zero-order valence-corrected chi connectivity index (χ0v) is 13.3. The van der Waals surface area contributed by atoms with Crippen LogP contribution in [0.4, 0.5) is 8.78 Å². The van der Waals surface area contributed by atoms with Gasteiger partial charge in [0, 0.05) is 29.7 Å². The molecule has 1 fully saturated rings. The Labute approximate surface area is 125 Å². The lowest BCUT2D eigenvalue weighted by Crippen LogP contribution is -2.34. The van der Waals surface area contributed by atoms with Gasteiger partial charge < -0.3 is 4.90 Å². The van der Waals surface area contributed by atoms with Crippen molar-refractivity contribution in [2.75, 3.05) is 20.1 Å². The summed E-state index contributed by atoms with van der Waals surface area (Å²) in [5.74, 6) is -1.94. The summed E-state index contributed by atoms with van der Waals surface area (Å²) in [6.45, 7) is 0.725. The third-order valence-electron chi connectivity index (χ3n) is 3.16. The second-order valence-electron chi connectivity index (χ2n) is 4.81.